The molecule has 6 rings (SSSR count). The predicted molar refractivity (Wildman–Crippen MR) is 199 cm³/mol. The number of aromatic nitrogens is 2. The van der Waals surface area contributed by atoms with Crippen molar-refractivity contribution < 1.29 is 32.9 Å². The highest BCUT2D eigenvalue weighted by atomic mass is 19.1. The van der Waals surface area contributed by atoms with Gasteiger partial charge in [0.2, 0.25) is 11.8 Å². The van der Waals surface area contributed by atoms with E-state index in [0.29, 0.717) is 49.8 Å². The molecule has 2 fully saturated rings. The van der Waals surface area contributed by atoms with E-state index < -0.39 is 11.7 Å². The van der Waals surface area contributed by atoms with Gasteiger partial charge in [-0.3, -0.25) is 9.59 Å². The van der Waals surface area contributed by atoms with E-state index in [0.717, 1.165) is 50.3 Å². The zero-order valence-electron chi connectivity index (χ0n) is 30.6. The third-order valence-electron chi connectivity index (χ3n) is 9.43. The summed E-state index contributed by atoms with van der Waals surface area (Å²) >= 11 is 0. The number of nitrogens with one attached hydrogen (secondary N) is 2. The van der Waals surface area contributed by atoms with E-state index in [9.17, 15) is 9.59 Å². The largest absolute Gasteiger partial charge is 0.493 e. The molecule has 2 aliphatic heterocycles. The van der Waals surface area contributed by atoms with Gasteiger partial charge in [0, 0.05) is 75.0 Å². The molecule has 53 heavy (non-hydrogen) atoms. The number of rotatable bonds is 13. The minimum atomic E-state index is -0.535. The molecular formula is C39H46FN7O6. The van der Waals surface area contributed by atoms with Crippen molar-refractivity contribution >= 4 is 29.1 Å². The van der Waals surface area contributed by atoms with E-state index in [1.54, 1.807) is 41.3 Å². The number of likely N-dealkylation sites (N-methyl/N-ethyl adjacent to an activating group) is 1. The fourth-order valence-corrected chi connectivity index (χ4v) is 6.04. The molecule has 3 aromatic carbocycles. The SMILES string of the molecule is COc1cc(C(=O)N2CCOCC2)ccc1Oc1nc(Nc2ccc(OCCCN3CCN(C)CC3)c(F)c2)ncc1C(=O)Nc1cccc(C)c1C. The van der Waals surface area contributed by atoms with Crippen molar-refractivity contribution in [1.29, 1.82) is 0 Å². The minimum Gasteiger partial charge on any atom is -0.493 e. The highest BCUT2D eigenvalue weighted by Gasteiger charge is 2.23. The van der Waals surface area contributed by atoms with Gasteiger partial charge in [-0.1, -0.05) is 12.1 Å². The number of morpholine rings is 1. The zero-order chi connectivity index (χ0) is 37.3. The Kier molecular flexibility index (Phi) is 12.3. The quantitative estimate of drug-likeness (QED) is 0.169. The highest BCUT2D eigenvalue weighted by Crippen LogP contribution is 2.35. The average molecular weight is 728 g/mol. The molecular weight excluding hydrogens is 681 g/mol. The first-order valence-corrected chi connectivity index (χ1v) is 17.8. The normalized spacial score (nSPS) is 15.2. The second-order valence-electron chi connectivity index (χ2n) is 13.1. The van der Waals surface area contributed by atoms with Crippen LogP contribution < -0.4 is 24.8 Å². The van der Waals surface area contributed by atoms with E-state index in [2.05, 4.69) is 37.4 Å². The van der Waals surface area contributed by atoms with E-state index in [4.69, 9.17) is 18.9 Å². The molecule has 2 N–H and O–H groups in total. The fraction of sp³-hybridized carbons (Fsp3) is 0.385. The Labute approximate surface area is 309 Å². The lowest BCUT2D eigenvalue weighted by Gasteiger charge is -2.32. The van der Waals surface area contributed by atoms with Crippen LogP contribution in [0.3, 0.4) is 0 Å². The van der Waals surface area contributed by atoms with Crippen LogP contribution in [0.4, 0.5) is 21.7 Å². The third-order valence-corrected chi connectivity index (χ3v) is 9.43. The van der Waals surface area contributed by atoms with Crippen LogP contribution in [-0.2, 0) is 4.74 Å². The first-order valence-electron chi connectivity index (χ1n) is 17.8. The first-order chi connectivity index (χ1) is 25.7. The topological polar surface area (TPSA) is 131 Å². The maximum Gasteiger partial charge on any atom is 0.262 e. The van der Waals surface area contributed by atoms with Gasteiger partial charge < -0.3 is 44.3 Å². The number of nitrogens with zero attached hydrogens (tertiary/aromatic N) is 5. The van der Waals surface area contributed by atoms with Gasteiger partial charge in [-0.2, -0.15) is 4.98 Å². The summed E-state index contributed by atoms with van der Waals surface area (Å²) in [6.45, 7) is 11.2. The maximum atomic E-state index is 15.1. The lowest BCUT2D eigenvalue weighted by Crippen LogP contribution is -2.44. The second-order valence-corrected chi connectivity index (χ2v) is 13.1. The molecule has 0 unspecified atom stereocenters. The molecule has 2 aliphatic rings. The number of benzene rings is 3. The van der Waals surface area contributed by atoms with Gasteiger partial charge in [-0.15, -0.1) is 0 Å². The molecule has 14 heteroatoms. The van der Waals surface area contributed by atoms with Crippen molar-refractivity contribution in [3.05, 3.63) is 88.9 Å². The summed E-state index contributed by atoms with van der Waals surface area (Å²) in [5.74, 6) is -0.589. The van der Waals surface area contributed by atoms with E-state index in [-0.39, 0.29) is 40.5 Å². The molecule has 280 valence electrons. The van der Waals surface area contributed by atoms with Crippen molar-refractivity contribution in [2.45, 2.75) is 20.3 Å². The summed E-state index contributed by atoms with van der Waals surface area (Å²) in [5, 5.41) is 5.93. The molecule has 0 atom stereocenters. The molecule has 13 nitrogen and oxygen atoms in total. The van der Waals surface area contributed by atoms with Crippen LogP contribution >= 0.6 is 0 Å². The zero-order valence-corrected chi connectivity index (χ0v) is 30.6. The van der Waals surface area contributed by atoms with E-state index in [1.165, 1.54) is 19.4 Å². The predicted octanol–water partition coefficient (Wildman–Crippen LogP) is 5.52. The van der Waals surface area contributed by atoms with Crippen LogP contribution in [0.2, 0.25) is 0 Å². The van der Waals surface area contributed by atoms with Crippen molar-refractivity contribution in [2.24, 2.45) is 0 Å². The Morgan fingerprint density at radius 2 is 1.72 bits per heavy atom. The smallest absolute Gasteiger partial charge is 0.262 e. The lowest BCUT2D eigenvalue weighted by atomic mass is 10.1. The number of amides is 2. The molecule has 0 bridgehead atoms. The van der Waals surface area contributed by atoms with Crippen LogP contribution in [0.1, 0.15) is 38.3 Å². The molecule has 2 saturated heterocycles. The molecule has 0 spiro atoms. The summed E-state index contributed by atoms with van der Waals surface area (Å²) in [5.41, 5.74) is 3.38. The van der Waals surface area contributed by atoms with Gasteiger partial charge in [-0.05, 0) is 74.8 Å². The van der Waals surface area contributed by atoms with E-state index in [1.807, 2.05) is 26.0 Å². The number of carbonyl (C=O) groups is 2. The van der Waals surface area contributed by atoms with Crippen molar-refractivity contribution in [3.8, 4) is 23.1 Å². The summed E-state index contributed by atoms with van der Waals surface area (Å²) in [6.07, 6.45) is 2.13. The molecule has 0 radical (unpaired) electrons. The fourth-order valence-electron chi connectivity index (χ4n) is 6.04. The van der Waals surface area contributed by atoms with Gasteiger partial charge >= 0.3 is 0 Å². The Morgan fingerprint density at radius 3 is 2.47 bits per heavy atom. The van der Waals surface area contributed by atoms with Crippen LogP contribution in [0, 0.1) is 19.7 Å². The number of hydrogen-bond donors (Lipinski definition) is 2. The van der Waals surface area contributed by atoms with Crippen LogP contribution in [0.5, 0.6) is 23.1 Å². The number of carbonyl (C=O) groups excluding carboxylic acids is 2. The van der Waals surface area contributed by atoms with Gasteiger partial charge in [0.25, 0.3) is 11.8 Å². The van der Waals surface area contributed by atoms with Gasteiger partial charge in [0.05, 0.1) is 26.9 Å². The number of ether oxygens (including phenoxy) is 4. The molecule has 0 saturated carbocycles. The van der Waals surface area contributed by atoms with Crippen molar-refractivity contribution in [3.63, 3.8) is 0 Å². The number of aryl methyl sites for hydroxylation is 1. The Bertz CT molecular complexity index is 1910. The van der Waals surface area contributed by atoms with Crippen LogP contribution in [0.15, 0.2) is 60.8 Å². The number of halogens is 1. The van der Waals surface area contributed by atoms with Gasteiger partial charge in [0.1, 0.15) is 5.56 Å². The summed E-state index contributed by atoms with van der Waals surface area (Å²) in [4.78, 5) is 42.1. The molecule has 1 aromatic heterocycles. The highest BCUT2D eigenvalue weighted by molar-refractivity contribution is 6.06. The summed E-state index contributed by atoms with van der Waals surface area (Å²) in [7, 11) is 3.58. The standard InChI is InChI=1S/C39H46FN7O6/c1-26-7-5-8-32(27(26)2)43-36(48)30-25-41-39(42-29-10-12-33(31(40)24-29)52-20-6-13-46-16-14-45(3)15-17-46)44-37(30)53-34-11-9-28(23-35(34)50-4)38(49)47-18-21-51-22-19-47/h5,7-12,23-25H,6,13-22H2,1-4H3,(H,43,48)(H,41,42,44). The summed E-state index contributed by atoms with van der Waals surface area (Å²) < 4.78 is 38.1. The van der Waals surface area contributed by atoms with Crippen molar-refractivity contribution in [1.82, 2.24) is 24.7 Å². The number of anilines is 3. The monoisotopic (exact) mass is 727 g/mol. The average Bonchev–Trinajstić information content (AvgIpc) is 3.17. The molecule has 3 heterocycles. The molecule has 4 aromatic rings. The molecule has 2 amide bonds. The van der Waals surface area contributed by atoms with Crippen LogP contribution in [0.25, 0.3) is 0 Å². The van der Waals surface area contributed by atoms with Gasteiger partial charge in [-0.25, -0.2) is 9.37 Å². The van der Waals surface area contributed by atoms with E-state index >= 15 is 4.39 Å². The Morgan fingerprint density at radius 1 is 0.943 bits per heavy atom. The Hall–Kier alpha value is -5.31. The maximum absolute atomic E-state index is 15.1. The van der Waals surface area contributed by atoms with Gasteiger partial charge in [0.15, 0.2) is 23.1 Å². The number of hydrogen-bond acceptors (Lipinski definition) is 11. The second kappa shape index (κ2) is 17.5. The van der Waals surface area contributed by atoms with Crippen molar-refractivity contribution in [2.75, 3.05) is 90.4 Å². The first kappa shape index (κ1) is 37.4. The number of methoxy groups -OCH3 is 1. The number of piperazine rings is 1. The summed E-state index contributed by atoms with van der Waals surface area (Å²) in [6, 6.07) is 14.9. The lowest BCUT2D eigenvalue weighted by molar-refractivity contribution is 0.0302. The molecule has 0 aliphatic carbocycles. The third kappa shape index (κ3) is 9.57. The van der Waals surface area contributed by atoms with Crippen LogP contribution in [-0.4, -0.2) is 116 Å². The Balaban J connectivity index is 1.20. The minimum absolute atomic E-state index is 0.0403.